The van der Waals surface area contributed by atoms with E-state index in [2.05, 4.69) is 113 Å². The van der Waals surface area contributed by atoms with Crippen molar-refractivity contribution in [2.75, 3.05) is 4.90 Å². The predicted octanol–water partition coefficient (Wildman–Crippen LogP) is 9.55. The summed E-state index contributed by atoms with van der Waals surface area (Å²) in [5, 5.41) is 9.46. The highest BCUT2D eigenvalue weighted by Gasteiger charge is 2.44. The molecular formula is C38H27N3O. The molecule has 8 rings (SSSR count). The Hall–Kier alpha value is -5.48. The van der Waals surface area contributed by atoms with E-state index in [1.807, 2.05) is 36.4 Å². The number of nitrogens with one attached hydrogen (secondary N) is 1. The zero-order valence-electron chi connectivity index (χ0n) is 22.8. The van der Waals surface area contributed by atoms with Crippen LogP contribution in [0.5, 0.6) is 0 Å². The first-order valence-electron chi connectivity index (χ1n) is 14.2. The van der Waals surface area contributed by atoms with Crippen LogP contribution < -0.4 is 4.90 Å². The lowest BCUT2D eigenvalue weighted by atomic mass is 9.85. The van der Waals surface area contributed by atoms with Crippen LogP contribution in [0.4, 0.5) is 11.4 Å². The van der Waals surface area contributed by atoms with Gasteiger partial charge in [-0.05, 0) is 52.6 Å². The molecule has 1 aromatic heterocycles. The van der Waals surface area contributed by atoms with Crippen molar-refractivity contribution in [2.24, 2.45) is 4.99 Å². The first kappa shape index (κ1) is 24.3. The van der Waals surface area contributed by atoms with Gasteiger partial charge in [-0.2, -0.15) is 0 Å². The Bertz CT molecular complexity index is 2000. The second-order valence-corrected chi connectivity index (χ2v) is 10.8. The van der Waals surface area contributed by atoms with E-state index in [4.69, 9.17) is 9.83 Å². The molecule has 42 heavy (non-hydrogen) atoms. The number of nitrogens with zero attached hydrogens (tertiary/aromatic N) is 2. The van der Waals surface area contributed by atoms with Crippen LogP contribution in [0.1, 0.15) is 40.0 Å². The molecule has 0 fully saturated rings. The van der Waals surface area contributed by atoms with Crippen LogP contribution in [0.2, 0.25) is 0 Å². The minimum absolute atomic E-state index is 0.00389. The van der Waals surface area contributed by atoms with Gasteiger partial charge in [-0.15, -0.1) is 0 Å². The number of amidine groups is 1. The van der Waals surface area contributed by atoms with Crippen LogP contribution >= 0.6 is 0 Å². The summed E-state index contributed by atoms with van der Waals surface area (Å²) in [5.41, 5.74) is 9.83. The van der Waals surface area contributed by atoms with Gasteiger partial charge in [0.1, 0.15) is 17.4 Å². The van der Waals surface area contributed by atoms with Crippen molar-refractivity contribution in [3.05, 3.63) is 161 Å². The van der Waals surface area contributed by atoms with Gasteiger partial charge in [-0.1, -0.05) is 109 Å². The summed E-state index contributed by atoms with van der Waals surface area (Å²) in [6.07, 6.45) is 6.34. The molecule has 1 aliphatic carbocycles. The fraction of sp³-hybridized carbons (Fsp3) is 0.0526. The minimum Gasteiger partial charge on any atom is -0.458 e. The summed E-state index contributed by atoms with van der Waals surface area (Å²) in [6.45, 7) is 0. The predicted molar refractivity (Wildman–Crippen MR) is 172 cm³/mol. The zero-order valence-corrected chi connectivity index (χ0v) is 22.8. The van der Waals surface area contributed by atoms with Crippen molar-refractivity contribution < 1.29 is 4.42 Å². The number of furan rings is 1. The highest BCUT2D eigenvalue weighted by Crippen LogP contribution is 2.57. The second-order valence-electron chi connectivity index (χ2n) is 10.8. The zero-order chi connectivity index (χ0) is 28.0. The summed E-state index contributed by atoms with van der Waals surface area (Å²) >= 11 is 0. The molecule has 4 heteroatoms. The van der Waals surface area contributed by atoms with Gasteiger partial charge in [-0.3, -0.25) is 5.41 Å². The third-order valence-corrected chi connectivity index (χ3v) is 8.33. The summed E-state index contributed by atoms with van der Waals surface area (Å²) in [5.74, 6) is 1.41. The first-order valence-corrected chi connectivity index (χ1v) is 14.2. The van der Waals surface area contributed by atoms with E-state index in [-0.39, 0.29) is 17.8 Å². The van der Waals surface area contributed by atoms with Gasteiger partial charge >= 0.3 is 0 Å². The van der Waals surface area contributed by atoms with Gasteiger partial charge < -0.3 is 9.32 Å². The van der Waals surface area contributed by atoms with Crippen LogP contribution in [0, 0.1) is 5.41 Å². The van der Waals surface area contributed by atoms with Gasteiger partial charge in [0.25, 0.3) is 0 Å². The van der Waals surface area contributed by atoms with E-state index in [9.17, 15) is 0 Å². The Morgan fingerprint density at radius 2 is 1.50 bits per heavy atom. The maximum absolute atomic E-state index is 8.31. The van der Waals surface area contributed by atoms with Crippen molar-refractivity contribution in [2.45, 2.75) is 12.0 Å². The number of benzene rings is 5. The topological polar surface area (TPSA) is 52.6 Å². The lowest BCUT2D eigenvalue weighted by Crippen LogP contribution is -2.23. The largest absolute Gasteiger partial charge is 0.458 e. The van der Waals surface area contributed by atoms with Crippen LogP contribution in [0.15, 0.2) is 143 Å². The molecule has 2 atom stereocenters. The molecule has 0 radical (unpaired) electrons. The van der Waals surface area contributed by atoms with E-state index in [0.717, 1.165) is 39.1 Å². The van der Waals surface area contributed by atoms with Crippen LogP contribution in [-0.2, 0) is 0 Å². The maximum atomic E-state index is 8.31. The Morgan fingerprint density at radius 3 is 2.31 bits per heavy atom. The molecule has 1 N–H and O–H groups in total. The Labute approximate surface area is 244 Å². The standard InChI is InChI=1S/C38H27N3O/c39-38(27-11-5-2-6-12-27)40-24-25-15-18-29(19-16-25)41-34-22-17-28(26-9-3-1-4-10-26)23-33(34)31-20-21-32-30-13-7-8-14-35(30)42-37(32)36(31)41/h1-24,31,36,39H/b39-38?,40-24+. The SMILES string of the molecule is N=C(/N=C/c1ccc(N2c3ccc(-c4ccccc4)cc3C3C=Cc4c(oc5ccccc45)C32)cc1)c1ccccc1. The van der Waals surface area contributed by atoms with E-state index in [1.165, 1.54) is 22.4 Å². The summed E-state index contributed by atoms with van der Waals surface area (Å²) in [7, 11) is 0. The van der Waals surface area contributed by atoms with Crippen LogP contribution in [-0.4, -0.2) is 12.1 Å². The smallest absolute Gasteiger partial charge is 0.151 e. The number of fused-ring (bicyclic) bond motifs is 7. The number of hydrogen-bond donors (Lipinski definition) is 1. The average Bonchev–Trinajstić information content (AvgIpc) is 3.60. The molecule has 0 spiro atoms. The molecule has 2 unspecified atom stereocenters. The molecule has 0 amide bonds. The van der Waals surface area contributed by atoms with Gasteiger partial charge in [0.2, 0.25) is 0 Å². The third-order valence-electron chi connectivity index (χ3n) is 8.33. The number of hydrogen-bond acceptors (Lipinski definition) is 3. The Kier molecular flexibility index (Phi) is 5.71. The van der Waals surface area contributed by atoms with E-state index < -0.39 is 0 Å². The van der Waals surface area contributed by atoms with Crippen molar-refractivity contribution in [3.8, 4) is 11.1 Å². The van der Waals surface area contributed by atoms with Crippen molar-refractivity contribution in [1.82, 2.24) is 0 Å². The molecule has 5 aromatic carbocycles. The van der Waals surface area contributed by atoms with Crippen molar-refractivity contribution in [1.29, 1.82) is 5.41 Å². The van der Waals surface area contributed by atoms with Gasteiger partial charge in [0.05, 0.1) is 0 Å². The molecule has 0 saturated carbocycles. The molecule has 200 valence electrons. The fourth-order valence-electron chi connectivity index (χ4n) is 6.33. The maximum Gasteiger partial charge on any atom is 0.151 e. The van der Waals surface area contributed by atoms with Gasteiger partial charge in [-0.25, -0.2) is 4.99 Å². The van der Waals surface area contributed by atoms with E-state index in [0.29, 0.717) is 0 Å². The van der Waals surface area contributed by atoms with Gasteiger partial charge in [0.15, 0.2) is 5.84 Å². The number of aliphatic imine (C=N–C) groups is 1. The lowest BCUT2D eigenvalue weighted by Gasteiger charge is -2.30. The molecule has 1 aliphatic heterocycles. The van der Waals surface area contributed by atoms with Crippen molar-refractivity contribution >= 4 is 40.5 Å². The fourth-order valence-corrected chi connectivity index (χ4v) is 6.33. The number of rotatable bonds is 4. The normalized spacial score (nSPS) is 16.9. The molecule has 4 nitrogen and oxygen atoms in total. The monoisotopic (exact) mass is 541 g/mol. The molecule has 2 aliphatic rings. The van der Waals surface area contributed by atoms with E-state index in [1.54, 1.807) is 6.21 Å². The molecule has 2 heterocycles. The highest BCUT2D eigenvalue weighted by atomic mass is 16.3. The molecule has 0 saturated heterocycles. The second kappa shape index (κ2) is 9.86. The summed E-state index contributed by atoms with van der Waals surface area (Å²) in [6, 6.07) is 43.7. The summed E-state index contributed by atoms with van der Waals surface area (Å²) in [4.78, 5) is 6.83. The molecule has 0 bridgehead atoms. The summed E-state index contributed by atoms with van der Waals surface area (Å²) < 4.78 is 6.60. The van der Waals surface area contributed by atoms with Crippen LogP contribution in [0.3, 0.4) is 0 Å². The molecular weight excluding hydrogens is 514 g/mol. The van der Waals surface area contributed by atoms with Crippen LogP contribution in [0.25, 0.3) is 28.2 Å². The number of para-hydroxylation sites is 1. The minimum atomic E-state index is 0.00389. The first-order chi connectivity index (χ1) is 20.7. The van der Waals surface area contributed by atoms with Crippen molar-refractivity contribution in [3.63, 3.8) is 0 Å². The highest BCUT2D eigenvalue weighted by molar-refractivity contribution is 6.03. The molecule has 6 aromatic rings. The lowest BCUT2D eigenvalue weighted by molar-refractivity contribution is 0.478. The number of anilines is 2. The van der Waals surface area contributed by atoms with E-state index >= 15 is 0 Å². The Morgan fingerprint density at radius 1 is 0.762 bits per heavy atom. The quantitative estimate of drug-likeness (QED) is 0.178. The third kappa shape index (κ3) is 4.00. The Balaban J connectivity index is 1.20. The van der Waals surface area contributed by atoms with Gasteiger partial charge in [0, 0.05) is 40.0 Å². The average molecular weight is 542 g/mol.